The van der Waals surface area contributed by atoms with Crippen molar-refractivity contribution in [1.29, 1.82) is 0 Å². The summed E-state index contributed by atoms with van der Waals surface area (Å²) in [6.45, 7) is 1.94. The fourth-order valence-corrected chi connectivity index (χ4v) is 3.30. The van der Waals surface area contributed by atoms with Crippen LogP contribution in [0.1, 0.15) is 29.8 Å². The Labute approximate surface area is 137 Å². The van der Waals surface area contributed by atoms with Crippen LogP contribution in [0.3, 0.4) is 0 Å². The quantitative estimate of drug-likeness (QED) is 0.734. The molecule has 0 N–H and O–H groups in total. The maximum atomic E-state index is 13.3. The zero-order valence-electron chi connectivity index (χ0n) is 12.7. The molecule has 0 atom stereocenters. The van der Waals surface area contributed by atoms with Gasteiger partial charge >= 0.3 is 0 Å². The molecule has 0 bridgehead atoms. The second-order valence-electron chi connectivity index (χ2n) is 5.96. The Morgan fingerprint density at radius 1 is 1.35 bits per heavy atom. The van der Waals surface area contributed by atoms with E-state index in [1.54, 1.807) is 10.7 Å². The lowest BCUT2D eigenvalue weighted by molar-refractivity contribution is 0.416. The van der Waals surface area contributed by atoms with Crippen molar-refractivity contribution in [3.63, 3.8) is 0 Å². The summed E-state index contributed by atoms with van der Waals surface area (Å²) < 4.78 is 20.4. The summed E-state index contributed by atoms with van der Waals surface area (Å²) in [4.78, 5) is 4.52. The minimum absolute atomic E-state index is 0.354. The number of benzene rings is 1. The molecule has 2 aromatic heterocycles. The van der Waals surface area contributed by atoms with E-state index in [0.29, 0.717) is 22.4 Å². The van der Waals surface area contributed by atoms with Crippen molar-refractivity contribution < 1.29 is 8.91 Å². The van der Waals surface area contributed by atoms with Crippen LogP contribution in [-0.2, 0) is 12.5 Å². The summed E-state index contributed by atoms with van der Waals surface area (Å²) in [5, 5.41) is 8.86. The molecule has 0 unspecified atom stereocenters. The number of rotatable bonds is 3. The number of halogens is 2. The van der Waals surface area contributed by atoms with Crippen LogP contribution in [0.25, 0.3) is 11.6 Å². The van der Waals surface area contributed by atoms with Crippen LogP contribution in [0, 0.1) is 12.7 Å². The van der Waals surface area contributed by atoms with Gasteiger partial charge in [0.05, 0.1) is 5.41 Å². The zero-order chi connectivity index (χ0) is 16.2. The Morgan fingerprint density at radius 3 is 2.74 bits per heavy atom. The van der Waals surface area contributed by atoms with Gasteiger partial charge in [-0.3, -0.25) is 4.68 Å². The molecular weight excluding hydrogens is 319 g/mol. The van der Waals surface area contributed by atoms with Gasteiger partial charge in [0.25, 0.3) is 5.89 Å². The van der Waals surface area contributed by atoms with E-state index in [-0.39, 0.29) is 11.2 Å². The normalized spacial score (nSPS) is 15.8. The molecule has 1 saturated carbocycles. The van der Waals surface area contributed by atoms with Crippen molar-refractivity contribution in [3.05, 3.63) is 52.2 Å². The summed E-state index contributed by atoms with van der Waals surface area (Å²) in [5.41, 5.74) is 2.10. The third kappa shape index (κ3) is 2.25. The molecule has 7 heteroatoms. The predicted octanol–water partition coefficient (Wildman–Crippen LogP) is 3.65. The van der Waals surface area contributed by atoms with Crippen LogP contribution in [0.15, 0.2) is 28.9 Å². The molecule has 0 aliphatic heterocycles. The highest BCUT2D eigenvalue weighted by atomic mass is 35.5. The van der Waals surface area contributed by atoms with E-state index in [4.69, 9.17) is 16.1 Å². The van der Waals surface area contributed by atoms with E-state index in [0.717, 1.165) is 24.0 Å². The predicted molar refractivity (Wildman–Crippen MR) is 82.7 cm³/mol. The number of hydrogen-bond acceptors (Lipinski definition) is 4. The molecule has 1 fully saturated rings. The second kappa shape index (κ2) is 4.89. The molecule has 0 spiro atoms. The molecule has 1 aliphatic rings. The lowest BCUT2D eigenvalue weighted by Gasteiger charge is -2.12. The van der Waals surface area contributed by atoms with E-state index in [1.165, 1.54) is 12.1 Å². The molecule has 118 valence electrons. The Kier molecular flexibility index (Phi) is 3.06. The lowest BCUT2D eigenvalue weighted by atomic mass is 9.95. The fraction of sp³-hybridized carbons (Fsp3) is 0.312. The first kappa shape index (κ1) is 14.4. The van der Waals surface area contributed by atoms with E-state index >= 15 is 0 Å². The van der Waals surface area contributed by atoms with Crippen molar-refractivity contribution in [3.8, 4) is 11.6 Å². The molecule has 2 heterocycles. The Balaban J connectivity index is 1.75. The maximum Gasteiger partial charge on any atom is 0.278 e. The zero-order valence-corrected chi connectivity index (χ0v) is 13.4. The van der Waals surface area contributed by atoms with Crippen molar-refractivity contribution in [2.45, 2.75) is 25.2 Å². The number of aromatic nitrogens is 4. The number of hydrogen-bond donors (Lipinski definition) is 0. The van der Waals surface area contributed by atoms with E-state index in [1.807, 2.05) is 20.2 Å². The van der Waals surface area contributed by atoms with Gasteiger partial charge in [-0.25, -0.2) is 4.39 Å². The smallest absolute Gasteiger partial charge is 0.278 e. The molecule has 5 nitrogen and oxygen atoms in total. The van der Waals surface area contributed by atoms with Crippen LogP contribution in [0.2, 0.25) is 5.02 Å². The monoisotopic (exact) mass is 332 g/mol. The largest absolute Gasteiger partial charge is 0.332 e. The molecule has 1 aliphatic carbocycles. The topological polar surface area (TPSA) is 56.7 Å². The van der Waals surface area contributed by atoms with E-state index in [9.17, 15) is 4.39 Å². The summed E-state index contributed by atoms with van der Waals surface area (Å²) in [6.07, 6.45) is 3.61. The molecule has 4 rings (SSSR count). The summed E-state index contributed by atoms with van der Waals surface area (Å²) in [5.74, 6) is 0.612. The van der Waals surface area contributed by atoms with Crippen molar-refractivity contribution in [2.24, 2.45) is 7.05 Å². The molecule has 1 aromatic carbocycles. The highest BCUT2D eigenvalue weighted by Crippen LogP contribution is 2.54. The van der Waals surface area contributed by atoms with Gasteiger partial charge < -0.3 is 4.52 Å². The van der Waals surface area contributed by atoms with Crippen molar-refractivity contribution >= 4 is 11.6 Å². The van der Waals surface area contributed by atoms with Gasteiger partial charge in [0, 0.05) is 23.8 Å². The SMILES string of the molecule is Cc1cn(C)nc1-c1nc(C2(c3ccc(F)cc3Cl)CC2)no1. The molecule has 23 heavy (non-hydrogen) atoms. The first-order valence-electron chi connectivity index (χ1n) is 7.30. The molecule has 3 aromatic rings. The summed E-state index contributed by atoms with van der Waals surface area (Å²) >= 11 is 6.21. The molecule has 0 saturated heterocycles. The van der Waals surface area contributed by atoms with Crippen LogP contribution >= 0.6 is 11.6 Å². The minimum atomic E-state index is -0.380. The van der Waals surface area contributed by atoms with Gasteiger partial charge in [-0.2, -0.15) is 10.1 Å². The highest BCUT2D eigenvalue weighted by molar-refractivity contribution is 6.31. The van der Waals surface area contributed by atoms with Gasteiger partial charge in [0.1, 0.15) is 5.82 Å². The van der Waals surface area contributed by atoms with Gasteiger partial charge in [-0.15, -0.1) is 0 Å². The second-order valence-corrected chi connectivity index (χ2v) is 6.37. The standard InChI is InChI=1S/C16H14ClFN4O/c1-9-8-22(2)20-13(9)14-19-15(21-23-14)16(5-6-16)11-4-3-10(18)7-12(11)17/h3-4,7-8H,5-6H2,1-2H3. The Hall–Kier alpha value is -2.21. The first-order valence-corrected chi connectivity index (χ1v) is 7.68. The average Bonchev–Trinajstić information content (AvgIpc) is 3.00. The fourth-order valence-electron chi connectivity index (χ4n) is 2.95. The summed E-state index contributed by atoms with van der Waals surface area (Å²) in [6, 6.07) is 4.43. The third-order valence-electron chi connectivity index (χ3n) is 4.27. The van der Waals surface area contributed by atoms with Gasteiger partial charge in [0.2, 0.25) is 0 Å². The van der Waals surface area contributed by atoms with Crippen LogP contribution in [-0.4, -0.2) is 19.9 Å². The first-order chi connectivity index (χ1) is 11.0. The maximum absolute atomic E-state index is 13.3. The van der Waals surface area contributed by atoms with E-state index < -0.39 is 0 Å². The summed E-state index contributed by atoms with van der Waals surface area (Å²) in [7, 11) is 1.84. The minimum Gasteiger partial charge on any atom is -0.332 e. The third-order valence-corrected chi connectivity index (χ3v) is 4.58. The van der Waals surface area contributed by atoms with Crippen LogP contribution < -0.4 is 0 Å². The van der Waals surface area contributed by atoms with E-state index in [2.05, 4.69) is 15.2 Å². The molecule has 0 amide bonds. The Bertz CT molecular complexity index is 897. The van der Waals surface area contributed by atoms with Gasteiger partial charge in [-0.05, 0) is 37.5 Å². The molecule has 0 radical (unpaired) electrons. The van der Waals surface area contributed by atoms with Gasteiger partial charge in [0.15, 0.2) is 11.5 Å². The van der Waals surface area contributed by atoms with Gasteiger partial charge in [-0.1, -0.05) is 22.8 Å². The van der Waals surface area contributed by atoms with Crippen molar-refractivity contribution in [1.82, 2.24) is 19.9 Å². The molecular formula is C16H14ClFN4O. The Morgan fingerprint density at radius 2 is 2.13 bits per heavy atom. The number of aryl methyl sites for hydroxylation is 2. The van der Waals surface area contributed by atoms with Crippen molar-refractivity contribution in [2.75, 3.05) is 0 Å². The number of nitrogens with zero attached hydrogens (tertiary/aromatic N) is 4. The lowest BCUT2D eigenvalue weighted by Crippen LogP contribution is -2.11. The average molecular weight is 333 g/mol. The van der Waals surface area contributed by atoms with Crippen LogP contribution in [0.4, 0.5) is 4.39 Å². The van der Waals surface area contributed by atoms with Crippen LogP contribution in [0.5, 0.6) is 0 Å². The highest BCUT2D eigenvalue weighted by Gasteiger charge is 2.51.